The zero-order valence-electron chi connectivity index (χ0n) is 21.3. The minimum absolute atomic E-state index is 0.0200. The number of ether oxygens (including phenoxy) is 2. The molecule has 0 radical (unpaired) electrons. The Kier molecular flexibility index (Phi) is 8.27. The van der Waals surface area contributed by atoms with Crippen molar-refractivity contribution >= 4 is 23.5 Å². The molecule has 2 aromatic rings. The summed E-state index contributed by atoms with van der Waals surface area (Å²) in [7, 11) is 1.74. The van der Waals surface area contributed by atoms with Crippen LogP contribution in [0.25, 0.3) is 0 Å². The number of carbonyl (C=O) groups is 3. The maximum Gasteiger partial charge on any atom is 0.319 e. The molecule has 0 spiro atoms. The Bertz CT molecular complexity index is 1140. The lowest BCUT2D eigenvalue weighted by Gasteiger charge is -2.42. The Morgan fingerprint density at radius 3 is 2.62 bits per heavy atom. The first-order chi connectivity index (χ1) is 17.7. The molecule has 1 fully saturated rings. The molecule has 3 N–H and O–H groups in total. The first-order valence-electron chi connectivity index (χ1n) is 12.5. The third-order valence-electron chi connectivity index (χ3n) is 6.51. The number of nitrogens with zero attached hydrogens (tertiary/aromatic N) is 1. The number of hydrogen-bond donors (Lipinski definition) is 3. The lowest BCUT2D eigenvalue weighted by atomic mass is 9.94. The minimum atomic E-state index is -0.389. The number of carbonyl (C=O) groups excluding carboxylic acids is 3. The molecular weight excluding hydrogens is 479 g/mol. The van der Waals surface area contributed by atoms with Crippen molar-refractivity contribution in [1.82, 2.24) is 15.5 Å². The van der Waals surface area contributed by atoms with Crippen LogP contribution in [0.2, 0.25) is 0 Å². The van der Waals surface area contributed by atoms with E-state index in [2.05, 4.69) is 16.0 Å². The summed E-state index contributed by atoms with van der Waals surface area (Å²) < 4.78 is 25.3. The van der Waals surface area contributed by atoms with Gasteiger partial charge in [-0.25, -0.2) is 9.18 Å². The first kappa shape index (κ1) is 26.4. The van der Waals surface area contributed by atoms with Gasteiger partial charge in [-0.2, -0.15) is 0 Å². The summed E-state index contributed by atoms with van der Waals surface area (Å²) in [5.74, 6) is -0.292. The van der Waals surface area contributed by atoms with Gasteiger partial charge in [0.1, 0.15) is 24.3 Å². The van der Waals surface area contributed by atoms with Gasteiger partial charge in [0.05, 0.1) is 24.1 Å². The van der Waals surface area contributed by atoms with Crippen LogP contribution < -0.4 is 20.7 Å². The number of likely N-dealkylation sites (N-methyl/N-ethyl adjacent to an activating group) is 1. The molecule has 4 amide bonds. The van der Waals surface area contributed by atoms with Crippen molar-refractivity contribution in [3.8, 4) is 5.75 Å². The normalized spacial score (nSPS) is 21.2. The molecule has 0 bridgehead atoms. The summed E-state index contributed by atoms with van der Waals surface area (Å²) in [6, 6.07) is 10.4. The van der Waals surface area contributed by atoms with Gasteiger partial charge < -0.3 is 30.3 Å². The quantitative estimate of drug-likeness (QED) is 0.550. The van der Waals surface area contributed by atoms with Gasteiger partial charge in [0.15, 0.2) is 0 Å². The van der Waals surface area contributed by atoms with E-state index in [4.69, 9.17) is 9.47 Å². The van der Waals surface area contributed by atoms with E-state index in [1.165, 1.54) is 12.1 Å². The summed E-state index contributed by atoms with van der Waals surface area (Å²) in [6.45, 7) is 4.26. The Balaban J connectivity index is 1.37. The molecule has 4 rings (SSSR count). The molecule has 0 saturated carbocycles. The number of halogens is 1. The van der Waals surface area contributed by atoms with Crippen molar-refractivity contribution in [3.63, 3.8) is 0 Å². The van der Waals surface area contributed by atoms with Crippen LogP contribution in [0.1, 0.15) is 49.0 Å². The number of fused-ring (bicyclic) bond motifs is 2. The van der Waals surface area contributed by atoms with Crippen molar-refractivity contribution in [2.45, 2.75) is 63.9 Å². The lowest BCUT2D eigenvalue weighted by molar-refractivity contribution is -0.134. The number of amides is 4. The standard InChI is InChI=1S/C27H33FN4O5/c1-16(2)30-27(35)31-19-8-11-23-21(12-19)26(34)32(3)22-10-9-20(37-24(22)15-36-23)13-25(33)29-14-17-4-6-18(28)7-5-17/h4-8,11-12,16,20,22,24H,9-10,13-15H2,1-3H3,(H,29,33)(H2,30,31,35)/t20-,22+,24+/m1/s1. The van der Waals surface area contributed by atoms with Crippen LogP contribution in [0.15, 0.2) is 42.5 Å². The molecule has 10 heteroatoms. The maximum atomic E-state index is 13.3. The van der Waals surface area contributed by atoms with E-state index in [9.17, 15) is 18.8 Å². The van der Waals surface area contributed by atoms with Crippen LogP contribution >= 0.6 is 0 Å². The summed E-state index contributed by atoms with van der Waals surface area (Å²) in [6.07, 6.45) is 0.779. The fourth-order valence-electron chi connectivity index (χ4n) is 4.62. The molecule has 0 aromatic heterocycles. The third kappa shape index (κ3) is 6.76. The Morgan fingerprint density at radius 2 is 1.89 bits per heavy atom. The summed E-state index contributed by atoms with van der Waals surface area (Å²) in [5.41, 5.74) is 1.67. The van der Waals surface area contributed by atoms with Crippen molar-refractivity contribution in [1.29, 1.82) is 0 Å². The van der Waals surface area contributed by atoms with Gasteiger partial charge in [-0.15, -0.1) is 0 Å². The van der Waals surface area contributed by atoms with E-state index in [1.54, 1.807) is 42.3 Å². The molecule has 1 saturated heterocycles. The molecule has 9 nitrogen and oxygen atoms in total. The average molecular weight is 513 g/mol. The number of rotatable bonds is 6. The molecule has 198 valence electrons. The van der Waals surface area contributed by atoms with Crippen LogP contribution in [0.3, 0.4) is 0 Å². The number of hydrogen-bond acceptors (Lipinski definition) is 5. The van der Waals surface area contributed by atoms with Crippen LogP contribution in [0.4, 0.5) is 14.9 Å². The second-order valence-electron chi connectivity index (χ2n) is 9.74. The predicted octanol–water partition coefficient (Wildman–Crippen LogP) is 3.44. The molecule has 37 heavy (non-hydrogen) atoms. The highest BCUT2D eigenvalue weighted by molar-refractivity contribution is 5.99. The number of anilines is 1. The van der Waals surface area contributed by atoms with Gasteiger partial charge in [-0.05, 0) is 62.6 Å². The molecule has 0 unspecified atom stereocenters. The number of nitrogens with one attached hydrogen (secondary N) is 3. The molecular formula is C27H33FN4O5. The van der Waals surface area contributed by atoms with Crippen molar-refractivity contribution in [2.75, 3.05) is 19.0 Å². The van der Waals surface area contributed by atoms with Gasteiger partial charge in [0, 0.05) is 25.3 Å². The maximum absolute atomic E-state index is 13.3. The highest BCUT2D eigenvalue weighted by atomic mass is 19.1. The smallest absolute Gasteiger partial charge is 0.319 e. The van der Waals surface area contributed by atoms with Gasteiger partial charge >= 0.3 is 6.03 Å². The molecule has 2 heterocycles. The minimum Gasteiger partial charge on any atom is -0.490 e. The van der Waals surface area contributed by atoms with Crippen LogP contribution in [0.5, 0.6) is 5.75 Å². The van der Waals surface area contributed by atoms with E-state index < -0.39 is 0 Å². The number of benzene rings is 2. The Hall–Kier alpha value is -3.66. The Labute approximate surface area is 215 Å². The third-order valence-corrected chi connectivity index (χ3v) is 6.51. The molecule has 2 aliphatic heterocycles. The average Bonchev–Trinajstić information content (AvgIpc) is 2.85. The van der Waals surface area contributed by atoms with E-state index in [0.717, 1.165) is 5.56 Å². The van der Waals surface area contributed by atoms with E-state index >= 15 is 0 Å². The topological polar surface area (TPSA) is 109 Å². The Morgan fingerprint density at radius 1 is 1.14 bits per heavy atom. The zero-order chi connectivity index (χ0) is 26.5. The van der Waals surface area contributed by atoms with E-state index in [-0.39, 0.29) is 61.0 Å². The number of urea groups is 1. The van der Waals surface area contributed by atoms with Crippen molar-refractivity contribution in [2.24, 2.45) is 0 Å². The fraction of sp³-hybridized carbons (Fsp3) is 0.444. The van der Waals surface area contributed by atoms with Gasteiger partial charge in [-0.3, -0.25) is 9.59 Å². The van der Waals surface area contributed by atoms with E-state index in [1.807, 2.05) is 13.8 Å². The molecule has 3 atom stereocenters. The summed E-state index contributed by atoms with van der Waals surface area (Å²) in [5, 5.41) is 8.34. The van der Waals surface area contributed by atoms with Crippen molar-refractivity contribution in [3.05, 3.63) is 59.4 Å². The van der Waals surface area contributed by atoms with Crippen LogP contribution in [0, 0.1) is 5.82 Å². The summed E-state index contributed by atoms with van der Waals surface area (Å²) >= 11 is 0. The lowest BCUT2D eigenvalue weighted by Crippen LogP contribution is -2.53. The van der Waals surface area contributed by atoms with Gasteiger partial charge in [-0.1, -0.05) is 12.1 Å². The highest BCUT2D eigenvalue weighted by Crippen LogP contribution is 2.32. The van der Waals surface area contributed by atoms with Crippen molar-refractivity contribution < 1.29 is 28.2 Å². The van der Waals surface area contributed by atoms with Gasteiger partial charge in [0.2, 0.25) is 5.91 Å². The molecule has 2 aromatic carbocycles. The zero-order valence-corrected chi connectivity index (χ0v) is 21.3. The first-order valence-corrected chi connectivity index (χ1v) is 12.5. The van der Waals surface area contributed by atoms with E-state index in [0.29, 0.717) is 36.4 Å². The predicted molar refractivity (Wildman–Crippen MR) is 136 cm³/mol. The van der Waals surface area contributed by atoms with Gasteiger partial charge in [0.25, 0.3) is 5.91 Å². The monoisotopic (exact) mass is 512 g/mol. The molecule has 0 aliphatic carbocycles. The second-order valence-corrected chi connectivity index (χ2v) is 9.74. The largest absolute Gasteiger partial charge is 0.490 e. The SMILES string of the molecule is CC(C)NC(=O)Nc1ccc2c(c1)C(=O)N(C)[C@H]1CC[C@H](CC(=O)NCc3ccc(F)cc3)O[C@H]1CO2. The second kappa shape index (κ2) is 11.6. The van der Waals surface area contributed by atoms with Crippen LogP contribution in [-0.4, -0.2) is 60.7 Å². The highest BCUT2D eigenvalue weighted by Gasteiger charge is 2.39. The summed E-state index contributed by atoms with van der Waals surface area (Å²) in [4.78, 5) is 39.6. The molecule has 2 aliphatic rings. The fourth-order valence-corrected chi connectivity index (χ4v) is 4.62. The van der Waals surface area contributed by atoms with Crippen LogP contribution in [-0.2, 0) is 16.1 Å².